The van der Waals surface area contributed by atoms with E-state index >= 15 is 0 Å². The molecule has 1 heterocycles. The molecule has 0 unspecified atom stereocenters. The molecule has 0 atom stereocenters. The third-order valence-corrected chi connectivity index (χ3v) is 5.98. The highest BCUT2D eigenvalue weighted by molar-refractivity contribution is 5.96. The van der Waals surface area contributed by atoms with Crippen molar-refractivity contribution in [2.75, 3.05) is 44.0 Å². The maximum atomic E-state index is 12.9. The predicted octanol–water partition coefficient (Wildman–Crippen LogP) is 1.34. The monoisotopic (exact) mass is 498 g/mol. The number of nitrogens with two attached hydrogens (primary N) is 1. The number of amides is 3. The minimum atomic E-state index is -0.684. The van der Waals surface area contributed by atoms with Gasteiger partial charge in [0.25, 0.3) is 5.56 Å². The molecule has 0 spiro atoms. The Bertz CT molecular complexity index is 1190. The number of ether oxygens (including phenoxy) is 1. The fourth-order valence-corrected chi connectivity index (χ4v) is 4.14. The highest BCUT2D eigenvalue weighted by Gasteiger charge is 2.22. The summed E-state index contributed by atoms with van der Waals surface area (Å²) in [5.41, 5.74) is 7.14. The lowest BCUT2D eigenvalue weighted by atomic mass is 9.97. The lowest BCUT2D eigenvalue weighted by Gasteiger charge is -2.26. The van der Waals surface area contributed by atoms with Gasteiger partial charge < -0.3 is 20.7 Å². The molecule has 5 N–H and O–H groups in total. The second-order valence-electron chi connectivity index (χ2n) is 8.64. The van der Waals surface area contributed by atoms with Crippen LogP contribution in [0.3, 0.4) is 0 Å². The number of allylic oxidation sites excluding steroid dienone is 1. The number of nitrogen functional groups attached to an aromatic ring is 1. The third-order valence-electron chi connectivity index (χ3n) is 5.98. The molecule has 0 bridgehead atoms. The van der Waals surface area contributed by atoms with Crippen LogP contribution >= 0.6 is 0 Å². The first kappa shape index (κ1) is 26.7. The number of benzene rings is 1. The Balaban J connectivity index is 1.86. The lowest BCUT2D eigenvalue weighted by Crippen LogP contribution is -2.47. The lowest BCUT2D eigenvalue weighted by molar-refractivity contribution is -0.118. The topological polar surface area (TPSA) is 152 Å². The van der Waals surface area contributed by atoms with Crippen LogP contribution in [0.15, 0.2) is 51.6 Å². The van der Waals surface area contributed by atoms with Crippen molar-refractivity contribution in [2.45, 2.75) is 38.6 Å². The number of hydrogen-bond donors (Lipinski definition) is 4. The van der Waals surface area contributed by atoms with Crippen molar-refractivity contribution < 1.29 is 14.3 Å². The van der Waals surface area contributed by atoms with E-state index in [9.17, 15) is 19.2 Å². The molecular formula is C25H34N6O5. The maximum absolute atomic E-state index is 12.9. The van der Waals surface area contributed by atoms with Crippen molar-refractivity contribution >= 4 is 23.4 Å². The van der Waals surface area contributed by atoms with Crippen molar-refractivity contribution in [3.05, 3.63) is 68.4 Å². The number of H-pyrrole nitrogens is 1. The van der Waals surface area contributed by atoms with Gasteiger partial charge >= 0.3 is 11.7 Å². The largest absolute Gasteiger partial charge is 0.383 e. The Hall–Kier alpha value is -3.86. The molecule has 0 saturated carbocycles. The van der Waals surface area contributed by atoms with E-state index in [1.807, 2.05) is 30.3 Å². The molecule has 36 heavy (non-hydrogen) atoms. The van der Waals surface area contributed by atoms with Crippen LogP contribution < -0.4 is 32.5 Å². The first-order chi connectivity index (χ1) is 17.4. The third kappa shape index (κ3) is 7.57. The highest BCUT2D eigenvalue weighted by atomic mass is 16.5. The molecule has 3 amide bonds. The van der Waals surface area contributed by atoms with Gasteiger partial charge in [-0.25, -0.2) is 9.59 Å². The van der Waals surface area contributed by atoms with Crippen LogP contribution in [0.2, 0.25) is 0 Å². The number of nitrogens with zero attached hydrogens (tertiary/aromatic N) is 2. The van der Waals surface area contributed by atoms with Gasteiger partial charge in [-0.15, -0.1) is 0 Å². The number of anilines is 2. The first-order valence-electron chi connectivity index (χ1n) is 12.0. The van der Waals surface area contributed by atoms with Gasteiger partial charge in [0.05, 0.1) is 19.7 Å². The SMILES string of the molecule is COCCNC(=O)NC(=O)CN(CCC1=CCCCC1)c1c(N)n(Cc2ccccc2)c(=O)[nH]c1=O. The van der Waals surface area contributed by atoms with Gasteiger partial charge in [0, 0.05) is 20.2 Å². The van der Waals surface area contributed by atoms with Gasteiger partial charge in [0.15, 0.2) is 0 Å². The molecule has 194 valence electrons. The van der Waals surface area contributed by atoms with E-state index in [0.717, 1.165) is 31.2 Å². The standard InChI is InChI=1S/C25H34N6O5/c1-36-15-13-27-24(34)28-20(32)17-30(14-12-18-8-4-2-5-9-18)21-22(26)31(25(35)29-23(21)33)16-19-10-6-3-7-11-19/h3,6-8,10-11H,2,4-5,9,12-17,26H2,1H3,(H,29,33,35)(H2,27,28,32,34). The fourth-order valence-electron chi connectivity index (χ4n) is 4.14. The van der Waals surface area contributed by atoms with Crippen molar-refractivity contribution in [1.29, 1.82) is 0 Å². The summed E-state index contributed by atoms with van der Waals surface area (Å²) in [6, 6.07) is 8.58. The zero-order chi connectivity index (χ0) is 25.9. The number of aromatic nitrogens is 2. The van der Waals surface area contributed by atoms with E-state index in [1.54, 1.807) is 0 Å². The van der Waals surface area contributed by atoms with Gasteiger partial charge in [0.1, 0.15) is 11.5 Å². The number of nitrogens with one attached hydrogen (secondary N) is 3. The van der Waals surface area contributed by atoms with Crippen molar-refractivity contribution in [2.24, 2.45) is 0 Å². The molecule has 0 fully saturated rings. The van der Waals surface area contributed by atoms with Gasteiger partial charge in [-0.1, -0.05) is 42.0 Å². The number of rotatable bonds is 11. The number of methoxy groups -OCH3 is 1. The molecule has 1 aromatic heterocycles. The minimum Gasteiger partial charge on any atom is -0.383 e. The second-order valence-corrected chi connectivity index (χ2v) is 8.64. The highest BCUT2D eigenvalue weighted by Crippen LogP contribution is 2.23. The van der Waals surface area contributed by atoms with Crippen LogP contribution in [0.5, 0.6) is 0 Å². The van der Waals surface area contributed by atoms with E-state index in [-0.39, 0.29) is 31.1 Å². The quantitative estimate of drug-likeness (QED) is 0.269. The molecule has 11 nitrogen and oxygen atoms in total. The van der Waals surface area contributed by atoms with Gasteiger partial charge in [-0.3, -0.25) is 24.5 Å². The molecule has 0 aliphatic heterocycles. The molecule has 0 saturated heterocycles. The van der Waals surface area contributed by atoms with Crippen LogP contribution in [0.25, 0.3) is 0 Å². The number of aromatic amines is 1. The summed E-state index contributed by atoms with van der Waals surface area (Å²) in [6.45, 7) is 0.730. The second kappa shape index (κ2) is 13.3. The Morgan fingerprint density at radius 1 is 1.19 bits per heavy atom. The van der Waals surface area contributed by atoms with Crippen molar-refractivity contribution in [3.8, 4) is 0 Å². The fraction of sp³-hybridized carbons (Fsp3) is 0.440. The Morgan fingerprint density at radius 3 is 2.67 bits per heavy atom. The van der Waals surface area contributed by atoms with E-state index in [2.05, 4.69) is 21.7 Å². The van der Waals surface area contributed by atoms with Crippen LogP contribution in [-0.2, 0) is 16.1 Å². The molecule has 0 radical (unpaired) electrons. The first-order valence-corrected chi connectivity index (χ1v) is 12.0. The molecule has 11 heteroatoms. The Kier molecular flexibility index (Phi) is 9.87. The van der Waals surface area contributed by atoms with Crippen LogP contribution in [0.4, 0.5) is 16.3 Å². The molecule has 1 aromatic carbocycles. The predicted molar refractivity (Wildman–Crippen MR) is 138 cm³/mol. The average molecular weight is 499 g/mol. The summed E-state index contributed by atoms with van der Waals surface area (Å²) in [4.78, 5) is 54.1. The van der Waals surface area contributed by atoms with Crippen LogP contribution in [0, 0.1) is 0 Å². The summed E-state index contributed by atoms with van der Waals surface area (Å²) >= 11 is 0. The Morgan fingerprint density at radius 2 is 1.97 bits per heavy atom. The number of urea groups is 1. The summed E-state index contributed by atoms with van der Waals surface area (Å²) < 4.78 is 6.15. The normalized spacial score (nSPS) is 13.1. The van der Waals surface area contributed by atoms with E-state index in [0.29, 0.717) is 19.6 Å². The molecule has 1 aliphatic rings. The summed E-state index contributed by atoms with van der Waals surface area (Å²) in [7, 11) is 1.50. The molecular weight excluding hydrogens is 464 g/mol. The minimum absolute atomic E-state index is 0.0249. The average Bonchev–Trinajstić information content (AvgIpc) is 2.86. The number of carbonyl (C=O) groups is 2. The van der Waals surface area contributed by atoms with Gasteiger partial charge in [-0.2, -0.15) is 0 Å². The van der Waals surface area contributed by atoms with E-state index in [1.165, 1.54) is 22.1 Å². The summed E-state index contributed by atoms with van der Waals surface area (Å²) in [6.07, 6.45) is 7.02. The summed E-state index contributed by atoms with van der Waals surface area (Å²) in [5.74, 6) is -0.648. The molecule has 3 rings (SSSR count). The smallest absolute Gasteiger partial charge is 0.330 e. The maximum Gasteiger partial charge on any atom is 0.330 e. The van der Waals surface area contributed by atoms with E-state index < -0.39 is 23.2 Å². The van der Waals surface area contributed by atoms with Crippen molar-refractivity contribution in [1.82, 2.24) is 20.2 Å². The van der Waals surface area contributed by atoms with Crippen LogP contribution in [0.1, 0.15) is 37.7 Å². The number of carbonyl (C=O) groups excluding carboxylic acids is 2. The zero-order valence-electron chi connectivity index (χ0n) is 20.5. The Labute approximate surface area is 209 Å². The zero-order valence-corrected chi connectivity index (χ0v) is 20.5. The summed E-state index contributed by atoms with van der Waals surface area (Å²) in [5, 5.41) is 4.78. The van der Waals surface area contributed by atoms with Gasteiger partial charge in [-0.05, 0) is 37.7 Å². The molecule has 2 aromatic rings. The van der Waals surface area contributed by atoms with Crippen LogP contribution in [-0.4, -0.2) is 54.8 Å². The van der Waals surface area contributed by atoms with Crippen molar-refractivity contribution in [3.63, 3.8) is 0 Å². The number of hydrogen-bond acceptors (Lipinski definition) is 7. The number of imide groups is 1. The van der Waals surface area contributed by atoms with E-state index in [4.69, 9.17) is 10.5 Å². The molecule has 1 aliphatic carbocycles. The van der Waals surface area contributed by atoms with Gasteiger partial charge in [0.2, 0.25) is 5.91 Å².